The lowest BCUT2D eigenvalue weighted by atomic mass is 9.88. The highest BCUT2D eigenvalue weighted by molar-refractivity contribution is 6.16. The maximum atomic E-state index is 9.80. The van der Waals surface area contributed by atoms with Crippen molar-refractivity contribution in [3.63, 3.8) is 0 Å². The van der Waals surface area contributed by atoms with E-state index in [-0.39, 0.29) is 76.8 Å². The Hall–Kier alpha value is -7.16. The summed E-state index contributed by atoms with van der Waals surface area (Å²) in [5.74, 6) is 0.0935. The van der Waals surface area contributed by atoms with E-state index in [9.17, 15) is 11.0 Å². The second-order valence-corrected chi connectivity index (χ2v) is 14.9. The molecule has 0 amide bonds. The average molecular weight is 752 g/mol. The van der Waals surface area contributed by atoms with Crippen LogP contribution in [0, 0.1) is 0 Å². The topological polar surface area (TPSA) is 16.4 Å². The molecule has 1 heterocycles. The van der Waals surface area contributed by atoms with Gasteiger partial charge in [0.25, 0.3) is 0 Å². The molecular weight excluding hydrogens is 703 g/mol. The maximum Gasteiger partial charge on any atom is 0.136 e. The molecule has 9 aromatic rings. The van der Waals surface area contributed by atoms with Crippen molar-refractivity contribution in [3.05, 3.63) is 222 Å². The first-order valence-corrected chi connectivity index (χ1v) is 19.8. The molecule has 2 nitrogen and oxygen atoms in total. The predicted octanol–water partition coefficient (Wildman–Crippen LogP) is 15.6. The summed E-state index contributed by atoms with van der Waals surface area (Å²) in [6.45, 7) is 0. The molecule has 2 aliphatic carbocycles. The van der Waals surface area contributed by atoms with E-state index in [1.54, 1.807) is 12.1 Å². The highest BCUT2D eigenvalue weighted by Crippen LogP contribution is 2.46. The predicted molar refractivity (Wildman–Crippen MR) is 245 cm³/mol. The molecule has 11 rings (SSSR count). The molecule has 1 unspecified atom stereocenters. The van der Waals surface area contributed by atoms with Gasteiger partial charge in [-0.05, 0) is 123 Å². The van der Waals surface area contributed by atoms with E-state index in [0.29, 0.717) is 46.4 Å². The number of para-hydroxylation sites is 1. The summed E-state index contributed by atoms with van der Waals surface area (Å²) in [4.78, 5) is 1.42. The van der Waals surface area contributed by atoms with Crippen molar-refractivity contribution >= 4 is 61.4 Å². The monoisotopic (exact) mass is 751 g/mol. The van der Waals surface area contributed by atoms with E-state index in [1.807, 2.05) is 121 Å². The number of anilines is 3. The van der Waals surface area contributed by atoms with E-state index in [4.69, 9.17) is 4.42 Å². The van der Waals surface area contributed by atoms with Crippen LogP contribution in [0.15, 0.2) is 204 Å². The molecule has 0 saturated carbocycles. The summed E-state index contributed by atoms with van der Waals surface area (Å²) in [5, 5.41) is 3.73. The van der Waals surface area contributed by atoms with Gasteiger partial charge in [0.1, 0.15) is 11.2 Å². The summed E-state index contributed by atoms with van der Waals surface area (Å²) in [6, 6.07) is 38.3. The first-order chi connectivity index (χ1) is 32.1. The quantitative estimate of drug-likeness (QED) is 0.161. The Bertz CT molecular complexity index is 3510. The van der Waals surface area contributed by atoms with Crippen LogP contribution in [0.1, 0.15) is 52.0 Å². The third-order valence-corrected chi connectivity index (χ3v) is 11.4. The number of hydrogen-bond acceptors (Lipinski definition) is 2. The molecule has 1 atom stereocenters. The van der Waals surface area contributed by atoms with Crippen LogP contribution >= 0.6 is 0 Å². The van der Waals surface area contributed by atoms with Gasteiger partial charge in [-0.2, -0.15) is 0 Å². The van der Waals surface area contributed by atoms with Gasteiger partial charge in [0.05, 0.1) is 16.7 Å². The SMILES string of the molecule is [2H]c1c([2H])c(N(c2ccccc2-c2cccc3oc4cc5ccccc5cc4c23)c2c([2H])c([2H])c(-c3cccc4c3CCC=C4)c([2H])c2[2H])c([2H])c([2H])c1C1=CCC(c2ccccc2)C=C1. The Kier molecular flexibility index (Phi) is 6.62. The molecule has 1 aromatic heterocycles. The Labute approximate surface area is 350 Å². The van der Waals surface area contributed by atoms with Gasteiger partial charge in [0, 0.05) is 33.6 Å². The molecule has 2 aliphatic rings. The van der Waals surface area contributed by atoms with Crippen LogP contribution in [0.3, 0.4) is 0 Å². The molecule has 0 saturated heterocycles. The Balaban J connectivity index is 1.16. The molecule has 0 spiro atoms. The van der Waals surface area contributed by atoms with Crippen molar-refractivity contribution in [1.82, 2.24) is 0 Å². The zero-order valence-electron chi connectivity index (χ0n) is 39.6. The molecule has 8 aromatic carbocycles. The molecule has 0 bridgehead atoms. The van der Waals surface area contributed by atoms with Gasteiger partial charge in [0.15, 0.2) is 0 Å². The molecule has 0 fully saturated rings. The van der Waals surface area contributed by atoms with E-state index in [2.05, 4.69) is 24.3 Å². The van der Waals surface area contributed by atoms with Gasteiger partial charge in [-0.25, -0.2) is 0 Å². The smallest absolute Gasteiger partial charge is 0.136 e. The lowest BCUT2D eigenvalue weighted by Gasteiger charge is -2.28. The molecule has 58 heavy (non-hydrogen) atoms. The Morgan fingerprint density at radius 1 is 0.586 bits per heavy atom. The zero-order valence-corrected chi connectivity index (χ0v) is 31.6. The van der Waals surface area contributed by atoms with Crippen molar-refractivity contribution < 1.29 is 15.4 Å². The fraction of sp³-hybridized carbons (Fsp3) is 0.0714. The third-order valence-electron chi connectivity index (χ3n) is 11.4. The van der Waals surface area contributed by atoms with Crippen molar-refractivity contribution in [1.29, 1.82) is 0 Å². The fourth-order valence-electron chi connectivity index (χ4n) is 8.56. The van der Waals surface area contributed by atoms with E-state index < -0.39 is 0 Å². The normalized spacial score (nSPS) is 16.8. The van der Waals surface area contributed by atoms with Crippen LogP contribution in [0.2, 0.25) is 0 Å². The molecule has 0 N–H and O–H groups in total. The number of benzene rings is 8. The second kappa shape index (κ2) is 14.4. The maximum absolute atomic E-state index is 9.80. The van der Waals surface area contributed by atoms with Gasteiger partial charge < -0.3 is 9.32 Å². The minimum Gasteiger partial charge on any atom is -0.456 e. The standard InChI is InChI=1S/C56H41NO/c1-2-12-38(13-3-1)39-24-26-40(27-25-39)41-28-32-46(33-29-41)57(47-34-30-43(31-35-47)49-20-10-17-42-14-6-7-18-48(42)49)53-22-9-8-19-50(53)51-21-11-23-54-56(51)52-36-44-15-4-5-16-45(44)37-55(52)58-54/h1-6,8-17,19-24,26-37,39H,7,18,25H2/i28D,29D,30D,31D,32D,33D,34D,35D. The van der Waals surface area contributed by atoms with Crippen molar-refractivity contribution in [2.24, 2.45) is 0 Å². The molecular formula is C56H41NO. The summed E-state index contributed by atoms with van der Waals surface area (Å²) >= 11 is 0. The van der Waals surface area contributed by atoms with E-state index in [0.717, 1.165) is 50.2 Å². The van der Waals surface area contributed by atoms with Crippen LogP contribution < -0.4 is 4.90 Å². The van der Waals surface area contributed by atoms with Crippen LogP contribution in [-0.4, -0.2) is 0 Å². The minimum absolute atomic E-state index is 0.0935. The van der Waals surface area contributed by atoms with Gasteiger partial charge in [-0.3, -0.25) is 0 Å². The summed E-state index contributed by atoms with van der Waals surface area (Å²) in [7, 11) is 0. The highest BCUT2D eigenvalue weighted by atomic mass is 16.3. The van der Waals surface area contributed by atoms with Crippen LogP contribution in [0.25, 0.3) is 66.6 Å². The highest BCUT2D eigenvalue weighted by Gasteiger charge is 2.22. The molecule has 0 radical (unpaired) electrons. The number of nitrogens with zero attached hydrogens (tertiary/aromatic N) is 1. The van der Waals surface area contributed by atoms with Gasteiger partial charge in [-0.1, -0.05) is 158 Å². The average Bonchev–Trinajstić information content (AvgIpc) is 3.72. The molecule has 2 heteroatoms. The van der Waals surface area contributed by atoms with Crippen molar-refractivity contribution in [3.8, 4) is 22.3 Å². The largest absolute Gasteiger partial charge is 0.456 e. The van der Waals surface area contributed by atoms with Crippen molar-refractivity contribution in [2.75, 3.05) is 4.90 Å². The van der Waals surface area contributed by atoms with Crippen LogP contribution in [-0.2, 0) is 6.42 Å². The van der Waals surface area contributed by atoms with Crippen LogP contribution in [0.4, 0.5) is 17.1 Å². The summed E-state index contributed by atoms with van der Waals surface area (Å²) in [5.41, 5.74) is 7.13. The Morgan fingerprint density at radius 3 is 2.07 bits per heavy atom. The Morgan fingerprint density at radius 2 is 1.28 bits per heavy atom. The van der Waals surface area contributed by atoms with E-state index in [1.165, 1.54) is 4.90 Å². The number of hydrogen-bond donors (Lipinski definition) is 0. The van der Waals surface area contributed by atoms with Crippen LogP contribution in [0.5, 0.6) is 0 Å². The summed E-state index contributed by atoms with van der Waals surface area (Å²) in [6.07, 6.45) is 12.0. The summed E-state index contributed by atoms with van der Waals surface area (Å²) < 4.78 is 84.0. The van der Waals surface area contributed by atoms with Gasteiger partial charge in [-0.15, -0.1) is 0 Å². The number of furan rings is 1. The van der Waals surface area contributed by atoms with Gasteiger partial charge in [0.2, 0.25) is 0 Å². The number of allylic oxidation sites excluding steroid dienone is 5. The fourth-order valence-corrected chi connectivity index (χ4v) is 8.56. The lowest BCUT2D eigenvalue weighted by Crippen LogP contribution is -2.11. The second-order valence-electron chi connectivity index (χ2n) is 14.9. The first-order valence-electron chi connectivity index (χ1n) is 23.8. The zero-order chi connectivity index (χ0) is 45.4. The molecule has 276 valence electrons. The van der Waals surface area contributed by atoms with Crippen molar-refractivity contribution in [2.45, 2.75) is 25.2 Å². The minimum atomic E-state index is -0.386. The lowest BCUT2D eigenvalue weighted by molar-refractivity contribution is 0.669. The molecule has 0 aliphatic heterocycles. The number of fused-ring (bicyclic) bond motifs is 5. The third kappa shape index (κ3) is 6.06. The number of rotatable bonds is 7. The van der Waals surface area contributed by atoms with E-state index >= 15 is 0 Å². The first kappa shape index (κ1) is 26.6. The van der Waals surface area contributed by atoms with Gasteiger partial charge >= 0.3 is 0 Å².